The first-order chi connectivity index (χ1) is 9.22. The topological polar surface area (TPSA) is 47.0 Å². The first kappa shape index (κ1) is 14.6. The zero-order chi connectivity index (χ0) is 13.7. The molecule has 0 atom stereocenters. The van der Waals surface area contributed by atoms with Crippen molar-refractivity contribution >= 4 is 27.3 Å². The number of nitrogens with one attached hydrogen (secondary N) is 1. The van der Waals surface area contributed by atoms with E-state index in [1.807, 2.05) is 6.07 Å². The van der Waals surface area contributed by atoms with E-state index < -0.39 is 0 Å². The summed E-state index contributed by atoms with van der Waals surface area (Å²) in [5, 5.41) is 13.7. The van der Waals surface area contributed by atoms with Gasteiger partial charge in [-0.25, -0.2) is 0 Å². The molecule has 0 spiro atoms. The first-order valence-electron chi connectivity index (χ1n) is 6.00. The summed E-state index contributed by atoms with van der Waals surface area (Å²) in [6.07, 6.45) is 0. The number of nitrogens with zero attached hydrogens (tertiary/aromatic N) is 2. The minimum Gasteiger partial charge on any atom is -0.383 e. The van der Waals surface area contributed by atoms with E-state index in [0.29, 0.717) is 6.61 Å². The summed E-state index contributed by atoms with van der Waals surface area (Å²) in [5.41, 5.74) is 2.30. The number of halogens is 1. The average molecular weight is 342 g/mol. The molecule has 0 unspecified atom stereocenters. The molecule has 0 radical (unpaired) electrons. The Morgan fingerprint density at radius 1 is 1.37 bits per heavy atom. The highest BCUT2D eigenvalue weighted by Gasteiger charge is 2.10. The van der Waals surface area contributed by atoms with Crippen molar-refractivity contribution in [3.63, 3.8) is 0 Å². The SMILES string of the molecule is COCCNCc1nnc(-c2cccc(C)c2Br)s1. The Hall–Kier alpha value is -0.820. The van der Waals surface area contributed by atoms with Crippen LogP contribution in [0.15, 0.2) is 22.7 Å². The standard InChI is InChI=1S/C13H16BrN3OS/c1-9-4-3-5-10(12(9)14)13-17-16-11(19-13)8-15-6-7-18-2/h3-5,15H,6-8H2,1-2H3. The maximum absolute atomic E-state index is 4.98. The maximum Gasteiger partial charge on any atom is 0.148 e. The third-order valence-electron chi connectivity index (χ3n) is 2.65. The highest BCUT2D eigenvalue weighted by molar-refractivity contribution is 9.10. The largest absolute Gasteiger partial charge is 0.383 e. The molecule has 1 aromatic heterocycles. The monoisotopic (exact) mass is 341 g/mol. The molecule has 0 amide bonds. The average Bonchev–Trinajstić information content (AvgIpc) is 2.87. The molecule has 102 valence electrons. The van der Waals surface area contributed by atoms with E-state index in [0.717, 1.165) is 33.1 Å². The Bertz CT molecular complexity index is 544. The molecular formula is C13H16BrN3OS. The highest BCUT2D eigenvalue weighted by Crippen LogP contribution is 2.32. The van der Waals surface area contributed by atoms with E-state index in [9.17, 15) is 0 Å². The zero-order valence-corrected chi connectivity index (χ0v) is 13.3. The first-order valence-corrected chi connectivity index (χ1v) is 7.61. The fourth-order valence-electron chi connectivity index (χ4n) is 1.62. The zero-order valence-electron chi connectivity index (χ0n) is 10.9. The van der Waals surface area contributed by atoms with E-state index in [4.69, 9.17) is 4.74 Å². The van der Waals surface area contributed by atoms with Gasteiger partial charge in [-0.3, -0.25) is 0 Å². The molecule has 0 aliphatic rings. The van der Waals surface area contributed by atoms with Crippen LogP contribution in [-0.4, -0.2) is 30.5 Å². The molecule has 1 aromatic carbocycles. The molecule has 2 aromatic rings. The molecule has 1 heterocycles. The summed E-state index contributed by atoms with van der Waals surface area (Å²) in [4.78, 5) is 0. The van der Waals surface area contributed by atoms with Crippen LogP contribution >= 0.6 is 27.3 Å². The van der Waals surface area contributed by atoms with Gasteiger partial charge in [0, 0.05) is 30.2 Å². The van der Waals surface area contributed by atoms with Crippen molar-refractivity contribution in [1.29, 1.82) is 0 Å². The van der Waals surface area contributed by atoms with Crippen LogP contribution in [0.4, 0.5) is 0 Å². The fourth-order valence-corrected chi connectivity index (χ4v) is 3.04. The number of methoxy groups -OCH3 is 1. The summed E-state index contributed by atoms with van der Waals surface area (Å²) >= 11 is 5.22. The highest BCUT2D eigenvalue weighted by atomic mass is 79.9. The summed E-state index contributed by atoms with van der Waals surface area (Å²) < 4.78 is 6.07. The van der Waals surface area contributed by atoms with Gasteiger partial charge in [0.15, 0.2) is 0 Å². The third kappa shape index (κ3) is 3.82. The molecule has 0 fully saturated rings. The van der Waals surface area contributed by atoms with Crippen LogP contribution in [0.25, 0.3) is 10.6 Å². The molecule has 0 bridgehead atoms. The normalized spacial score (nSPS) is 10.9. The molecule has 0 saturated carbocycles. The van der Waals surface area contributed by atoms with Gasteiger partial charge in [0.25, 0.3) is 0 Å². The Kier molecular flexibility index (Phi) is 5.45. The van der Waals surface area contributed by atoms with Gasteiger partial charge in [-0.05, 0) is 28.4 Å². The number of aryl methyl sites for hydroxylation is 1. The Morgan fingerprint density at radius 2 is 2.21 bits per heavy atom. The van der Waals surface area contributed by atoms with E-state index in [1.165, 1.54) is 5.56 Å². The summed E-state index contributed by atoms with van der Waals surface area (Å²) in [6, 6.07) is 6.16. The van der Waals surface area contributed by atoms with E-state index in [2.05, 4.69) is 50.5 Å². The number of hydrogen-bond acceptors (Lipinski definition) is 5. The Balaban J connectivity index is 2.06. The van der Waals surface area contributed by atoms with Gasteiger partial charge in [-0.15, -0.1) is 10.2 Å². The summed E-state index contributed by atoms with van der Waals surface area (Å²) in [6.45, 7) is 4.32. The Labute approximate surface area is 125 Å². The van der Waals surface area contributed by atoms with E-state index in [-0.39, 0.29) is 0 Å². The van der Waals surface area contributed by atoms with Gasteiger partial charge in [0.2, 0.25) is 0 Å². The van der Waals surface area contributed by atoms with Crippen molar-refractivity contribution in [2.45, 2.75) is 13.5 Å². The number of aromatic nitrogens is 2. The lowest BCUT2D eigenvalue weighted by Gasteiger charge is -2.02. The van der Waals surface area contributed by atoms with Crippen LogP contribution in [0.1, 0.15) is 10.6 Å². The van der Waals surface area contributed by atoms with Crippen LogP contribution in [0.2, 0.25) is 0 Å². The predicted octanol–water partition coefficient (Wildman–Crippen LogP) is 3.01. The van der Waals surface area contributed by atoms with Crippen LogP contribution in [0.5, 0.6) is 0 Å². The third-order valence-corrected chi connectivity index (χ3v) is 4.66. The van der Waals surface area contributed by atoms with Gasteiger partial charge in [0.05, 0.1) is 6.61 Å². The quantitative estimate of drug-likeness (QED) is 0.820. The molecule has 0 aliphatic heterocycles. The van der Waals surface area contributed by atoms with Crippen LogP contribution in [0.3, 0.4) is 0 Å². The van der Waals surface area contributed by atoms with Crippen molar-refractivity contribution in [1.82, 2.24) is 15.5 Å². The molecule has 19 heavy (non-hydrogen) atoms. The van der Waals surface area contributed by atoms with Crippen molar-refractivity contribution in [3.8, 4) is 10.6 Å². The molecule has 6 heteroatoms. The minimum atomic E-state index is 0.703. The van der Waals surface area contributed by atoms with Gasteiger partial charge < -0.3 is 10.1 Å². The number of benzene rings is 1. The molecule has 0 aliphatic carbocycles. The number of hydrogen-bond donors (Lipinski definition) is 1. The van der Waals surface area contributed by atoms with Gasteiger partial charge in [0.1, 0.15) is 10.0 Å². The second-order valence-corrected chi connectivity index (χ2v) is 5.96. The van der Waals surface area contributed by atoms with Gasteiger partial charge in [-0.2, -0.15) is 0 Å². The lowest BCUT2D eigenvalue weighted by atomic mass is 10.1. The van der Waals surface area contributed by atoms with Gasteiger partial charge >= 0.3 is 0 Å². The van der Waals surface area contributed by atoms with Crippen LogP contribution in [-0.2, 0) is 11.3 Å². The Morgan fingerprint density at radius 3 is 3.00 bits per heavy atom. The smallest absolute Gasteiger partial charge is 0.148 e. The van der Waals surface area contributed by atoms with Gasteiger partial charge in [-0.1, -0.05) is 29.5 Å². The molecule has 4 nitrogen and oxygen atoms in total. The van der Waals surface area contributed by atoms with E-state index >= 15 is 0 Å². The molecule has 1 N–H and O–H groups in total. The molecular weight excluding hydrogens is 326 g/mol. The molecule has 2 rings (SSSR count). The lowest BCUT2D eigenvalue weighted by molar-refractivity contribution is 0.199. The van der Waals surface area contributed by atoms with Crippen molar-refractivity contribution < 1.29 is 4.74 Å². The van der Waals surface area contributed by atoms with Crippen molar-refractivity contribution in [2.24, 2.45) is 0 Å². The number of ether oxygens (including phenoxy) is 1. The van der Waals surface area contributed by atoms with Crippen molar-refractivity contribution in [3.05, 3.63) is 33.2 Å². The number of rotatable bonds is 6. The van der Waals surface area contributed by atoms with Crippen LogP contribution in [0, 0.1) is 6.92 Å². The maximum atomic E-state index is 4.98. The minimum absolute atomic E-state index is 0.703. The van der Waals surface area contributed by atoms with Crippen molar-refractivity contribution in [2.75, 3.05) is 20.3 Å². The lowest BCUT2D eigenvalue weighted by Crippen LogP contribution is -2.18. The van der Waals surface area contributed by atoms with E-state index in [1.54, 1.807) is 18.4 Å². The summed E-state index contributed by atoms with van der Waals surface area (Å²) in [7, 11) is 1.69. The fraction of sp³-hybridized carbons (Fsp3) is 0.385. The summed E-state index contributed by atoms with van der Waals surface area (Å²) in [5.74, 6) is 0. The second-order valence-electron chi connectivity index (χ2n) is 4.11. The van der Waals surface area contributed by atoms with Crippen LogP contribution < -0.4 is 5.32 Å². The molecule has 0 saturated heterocycles. The second kappa shape index (κ2) is 7.09. The predicted molar refractivity (Wildman–Crippen MR) is 81.4 cm³/mol.